The fraction of sp³-hybridized carbons (Fsp3) is 0.0833. The van der Waals surface area contributed by atoms with E-state index in [0.29, 0.717) is 27.8 Å². The maximum Gasteiger partial charge on any atom is 0.266 e. The number of benzene rings is 3. The molecule has 0 spiro atoms. The predicted molar refractivity (Wildman–Crippen MR) is 133 cm³/mol. The first kappa shape index (κ1) is 23.9. The highest BCUT2D eigenvalue weighted by molar-refractivity contribution is 9.10. The van der Waals surface area contributed by atoms with Gasteiger partial charge in [0.15, 0.2) is 11.5 Å². The third kappa shape index (κ3) is 6.13. The van der Waals surface area contributed by atoms with Crippen molar-refractivity contribution in [3.05, 3.63) is 91.3 Å². The summed E-state index contributed by atoms with van der Waals surface area (Å²) in [6, 6.07) is 19.9. The molecule has 0 fully saturated rings. The number of hydrogen-bond donors (Lipinski definition) is 1. The smallest absolute Gasteiger partial charge is 0.266 e. The van der Waals surface area contributed by atoms with Crippen LogP contribution in [0, 0.1) is 11.3 Å². The van der Waals surface area contributed by atoms with Crippen molar-refractivity contribution in [3.63, 3.8) is 0 Å². The van der Waals surface area contributed by atoms with Crippen LogP contribution in [-0.4, -0.2) is 13.0 Å². The molecule has 0 heterocycles. The Bertz CT molecular complexity index is 1200. The summed E-state index contributed by atoms with van der Waals surface area (Å²) in [4.78, 5) is 12.5. The normalized spacial score (nSPS) is 10.9. The Hall–Kier alpha value is -2.79. The quantitative estimate of drug-likeness (QED) is 0.243. The first-order valence-electron chi connectivity index (χ1n) is 9.33. The molecule has 0 bridgehead atoms. The van der Waals surface area contributed by atoms with Gasteiger partial charge in [-0.05, 0) is 54.1 Å². The minimum absolute atomic E-state index is 0.0760. The van der Waals surface area contributed by atoms with Gasteiger partial charge in [0.05, 0.1) is 12.1 Å². The molecule has 162 valence electrons. The highest BCUT2D eigenvalue weighted by Gasteiger charge is 2.15. The lowest BCUT2D eigenvalue weighted by Gasteiger charge is -2.14. The number of rotatable bonds is 7. The zero-order chi connectivity index (χ0) is 23.1. The van der Waals surface area contributed by atoms with Crippen molar-refractivity contribution in [2.75, 3.05) is 12.4 Å². The molecule has 0 aliphatic carbocycles. The van der Waals surface area contributed by atoms with E-state index in [1.165, 1.54) is 13.2 Å². The van der Waals surface area contributed by atoms with Crippen LogP contribution in [-0.2, 0) is 11.4 Å². The van der Waals surface area contributed by atoms with Gasteiger partial charge >= 0.3 is 0 Å². The maximum absolute atomic E-state index is 12.5. The number of halogens is 3. The average Bonchev–Trinajstić information content (AvgIpc) is 2.78. The van der Waals surface area contributed by atoms with Crippen LogP contribution in [0.3, 0.4) is 0 Å². The van der Waals surface area contributed by atoms with Crippen molar-refractivity contribution in [3.8, 4) is 17.6 Å². The number of carbonyl (C=O) groups excluding carboxylic acids is 1. The number of ether oxygens (including phenoxy) is 2. The summed E-state index contributed by atoms with van der Waals surface area (Å²) in [5.41, 5.74) is 1.98. The summed E-state index contributed by atoms with van der Waals surface area (Å²) in [5.74, 6) is 0.237. The molecule has 0 radical (unpaired) electrons. The lowest BCUT2D eigenvalue weighted by atomic mass is 10.1. The van der Waals surface area contributed by atoms with Gasteiger partial charge in [-0.1, -0.05) is 61.7 Å². The Kier molecular flexibility index (Phi) is 8.34. The first-order valence-corrected chi connectivity index (χ1v) is 11.3. The molecule has 0 saturated carbocycles. The summed E-state index contributed by atoms with van der Waals surface area (Å²) in [6.07, 6.45) is 1.44. The summed E-state index contributed by atoms with van der Waals surface area (Å²) >= 11 is 13.3. The van der Waals surface area contributed by atoms with E-state index in [2.05, 4.69) is 37.2 Å². The van der Waals surface area contributed by atoms with E-state index >= 15 is 0 Å². The molecule has 1 amide bonds. The van der Waals surface area contributed by atoms with E-state index in [1.807, 2.05) is 30.3 Å². The summed E-state index contributed by atoms with van der Waals surface area (Å²) in [6.45, 7) is 0.283. The molecule has 1 N–H and O–H groups in total. The minimum atomic E-state index is -0.529. The second kappa shape index (κ2) is 11.2. The number of amides is 1. The molecule has 0 aromatic heterocycles. The predicted octanol–water partition coefficient (Wildman–Crippen LogP) is 7.00. The Morgan fingerprint density at radius 1 is 1.16 bits per heavy atom. The Morgan fingerprint density at radius 2 is 1.88 bits per heavy atom. The van der Waals surface area contributed by atoms with Gasteiger partial charge in [-0.2, -0.15) is 5.26 Å². The van der Waals surface area contributed by atoms with Gasteiger partial charge in [0, 0.05) is 20.2 Å². The molecule has 3 rings (SSSR count). The van der Waals surface area contributed by atoms with Gasteiger partial charge in [-0.15, -0.1) is 0 Å². The van der Waals surface area contributed by atoms with E-state index in [9.17, 15) is 10.1 Å². The van der Waals surface area contributed by atoms with Crippen molar-refractivity contribution in [1.82, 2.24) is 0 Å². The van der Waals surface area contributed by atoms with Gasteiger partial charge in [-0.25, -0.2) is 0 Å². The van der Waals surface area contributed by atoms with Crippen molar-refractivity contribution in [2.45, 2.75) is 6.61 Å². The highest BCUT2D eigenvalue weighted by Crippen LogP contribution is 2.38. The van der Waals surface area contributed by atoms with Gasteiger partial charge in [0.1, 0.15) is 18.2 Å². The van der Waals surface area contributed by atoms with Crippen molar-refractivity contribution in [1.29, 1.82) is 5.26 Å². The van der Waals surface area contributed by atoms with E-state index in [4.69, 9.17) is 21.1 Å². The maximum atomic E-state index is 12.5. The van der Waals surface area contributed by atoms with Crippen LogP contribution in [0.25, 0.3) is 6.08 Å². The van der Waals surface area contributed by atoms with Gasteiger partial charge in [0.25, 0.3) is 5.91 Å². The number of nitriles is 1. The van der Waals surface area contributed by atoms with E-state index in [0.717, 1.165) is 14.5 Å². The van der Waals surface area contributed by atoms with Crippen LogP contribution < -0.4 is 14.8 Å². The molecule has 0 atom stereocenters. The minimum Gasteiger partial charge on any atom is -0.493 e. The van der Waals surface area contributed by atoms with Crippen LogP contribution in [0.5, 0.6) is 11.5 Å². The van der Waals surface area contributed by atoms with E-state index in [-0.39, 0.29) is 12.2 Å². The van der Waals surface area contributed by atoms with Gasteiger partial charge < -0.3 is 14.8 Å². The van der Waals surface area contributed by atoms with Crippen molar-refractivity contribution >= 4 is 61.1 Å². The van der Waals surface area contributed by atoms with Gasteiger partial charge in [-0.3, -0.25) is 4.79 Å². The van der Waals surface area contributed by atoms with Crippen LogP contribution in [0.15, 0.2) is 75.2 Å². The summed E-state index contributed by atoms with van der Waals surface area (Å²) in [7, 11) is 1.50. The van der Waals surface area contributed by atoms with Crippen molar-refractivity contribution < 1.29 is 14.3 Å². The molecule has 3 aromatic rings. The second-order valence-corrected chi connectivity index (χ2v) is 8.72. The SMILES string of the molecule is COc1cc(/C=C(\C#N)C(=O)Nc2ccc(Br)cc2)cc(Cl)c1OCc1ccccc1Br. The number of nitrogens with zero attached hydrogens (tertiary/aromatic N) is 1. The number of methoxy groups -OCH3 is 1. The molecule has 0 saturated heterocycles. The Labute approximate surface area is 207 Å². The molecule has 0 aliphatic rings. The molecule has 0 aliphatic heterocycles. The number of anilines is 1. The fourth-order valence-electron chi connectivity index (χ4n) is 2.78. The van der Waals surface area contributed by atoms with Crippen LogP contribution in [0.1, 0.15) is 11.1 Å². The van der Waals surface area contributed by atoms with E-state index < -0.39 is 5.91 Å². The third-order valence-corrected chi connectivity index (χ3v) is 5.94. The lowest BCUT2D eigenvalue weighted by Crippen LogP contribution is -2.13. The molecule has 5 nitrogen and oxygen atoms in total. The zero-order valence-corrected chi connectivity index (χ0v) is 20.8. The van der Waals surface area contributed by atoms with Gasteiger partial charge in [0.2, 0.25) is 0 Å². The zero-order valence-electron chi connectivity index (χ0n) is 16.9. The third-order valence-electron chi connectivity index (χ3n) is 4.36. The Balaban J connectivity index is 1.82. The highest BCUT2D eigenvalue weighted by atomic mass is 79.9. The summed E-state index contributed by atoms with van der Waals surface area (Å²) < 4.78 is 13.1. The second-order valence-electron chi connectivity index (χ2n) is 6.55. The molecule has 32 heavy (non-hydrogen) atoms. The topological polar surface area (TPSA) is 71.3 Å². The molecular weight excluding hydrogens is 560 g/mol. The summed E-state index contributed by atoms with van der Waals surface area (Å²) in [5, 5.41) is 12.5. The molecule has 0 unspecified atom stereocenters. The average molecular weight is 577 g/mol. The first-order chi connectivity index (χ1) is 15.4. The van der Waals surface area contributed by atoms with Crippen LogP contribution >= 0.6 is 43.5 Å². The number of carbonyl (C=O) groups is 1. The van der Waals surface area contributed by atoms with E-state index in [1.54, 1.807) is 36.4 Å². The number of hydrogen-bond acceptors (Lipinski definition) is 4. The van der Waals surface area contributed by atoms with Crippen molar-refractivity contribution in [2.24, 2.45) is 0 Å². The molecule has 3 aromatic carbocycles. The lowest BCUT2D eigenvalue weighted by molar-refractivity contribution is -0.112. The monoisotopic (exact) mass is 574 g/mol. The molecule has 8 heteroatoms. The van der Waals surface area contributed by atoms with Crippen LogP contribution in [0.4, 0.5) is 5.69 Å². The largest absolute Gasteiger partial charge is 0.493 e. The molecular formula is C24H17Br2ClN2O3. The van der Waals surface area contributed by atoms with Crippen LogP contribution in [0.2, 0.25) is 5.02 Å². The Morgan fingerprint density at radius 3 is 2.53 bits per heavy atom. The number of nitrogens with one attached hydrogen (secondary N) is 1. The fourth-order valence-corrected chi connectivity index (χ4v) is 3.71. The standard InChI is InChI=1S/C24H17Br2ClN2O3/c1-31-22-12-15(10-17(13-28)24(30)29-19-8-6-18(25)7-9-19)11-21(27)23(22)32-14-16-4-2-3-5-20(16)26/h2-12H,14H2,1H3,(H,29,30)/b17-10+.